The van der Waals surface area contributed by atoms with Gasteiger partial charge < -0.3 is 4.74 Å². The van der Waals surface area contributed by atoms with Crippen LogP contribution in [0.15, 0.2) is 77.7 Å². The number of fused-ring (bicyclic) bond motifs is 1. The van der Waals surface area contributed by atoms with Gasteiger partial charge in [0.2, 0.25) is 5.88 Å². The van der Waals surface area contributed by atoms with Gasteiger partial charge in [-0.2, -0.15) is 9.36 Å². The van der Waals surface area contributed by atoms with E-state index in [1.807, 2.05) is 66.3 Å². The zero-order chi connectivity index (χ0) is 21.4. The minimum absolute atomic E-state index is 0.248. The van der Waals surface area contributed by atoms with Crippen molar-refractivity contribution < 1.29 is 4.74 Å². The Kier molecular flexibility index (Phi) is 4.59. The molecule has 2 heterocycles. The van der Waals surface area contributed by atoms with E-state index in [1.54, 1.807) is 7.05 Å². The number of aromatic nitrogens is 6. The van der Waals surface area contributed by atoms with Crippen molar-refractivity contribution in [2.45, 2.75) is 13.5 Å². The van der Waals surface area contributed by atoms with Crippen molar-refractivity contribution in [1.82, 2.24) is 29.6 Å². The van der Waals surface area contributed by atoms with Crippen LogP contribution in [0.4, 0.5) is 0 Å². The van der Waals surface area contributed by atoms with Crippen LogP contribution >= 0.6 is 0 Å². The molecule has 0 unspecified atom stereocenters. The predicted molar refractivity (Wildman–Crippen MR) is 117 cm³/mol. The molecule has 31 heavy (non-hydrogen) atoms. The maximum atomic E-state index is 12.3. The Balaban J connectivity index is 1.44. The number of ether oxygens (including phenoxy) is 1. The van der Waals surface area contributed by atoms with Crippen LogP contribution in [0.5, 0.6) is 5.88 Å². The summed E-state index contributed by atoms with van der Waals surface area (Å²) in [7, 11) is 1.57. The molecule has 0 N–H and O–H groups in total. The normalized spacial score (nSPS) is 11.2. The van der Waals surface area contributed by atoms with Crippen LogP contribution in [0.25, 0.3) is 22.1 Å². The molecule has 0 radical (unpaired) electrons. The van der Waals surface area contributed by atoms with Crippen LogP contribution in [-0.2, 0) is 13.7 Å². The third-order valence-electron chi connectivity index (χ3n) is 5.28. The summed E-state index contributed by atoms with van der Waals surface area (Å²) < 4.78 is 10.3. The Labute approximate surface area is 177 Å². The van der Waals surface area contributed by atoms with Gasteiger partial charge in [-0.25, -0.2) is 9.48 Å². The summed E-state index contributed by atoms with van der Waals surface area (Å²) in [5.74, 6) is 0.494. The summed E-state index contributed by atoms with van der Waals surface area (Å²) in [6.45, 7) is 2.22. The van der Waals surface area contributed by atoms with Crippen molar-refractivity contribution in [2.24, 2.45) is 7.05 Å². The minimum Gasteiger partial charge on any atom is -0.472 e. The van der Waals surface area contributed by atoms with Crippen molar-refractivity contribution in [3.8, 4) is 17.3 Å². The average Bonchev–Trinajstić information content (AvgIpc) is 3.39. The predicted octanol–water partition coefficient (Wildman–Crippen LogP) is 3.19. The molecule has 0 bridgehead atoms. The van der Waals surface area contributed by atoms with Gasteiger partial charge in [0, 0.05) is 30.3 Å². The summed E-state index contributed by atoms with van der Waals surface area (Å²) >= 11 is 0. The van der Waals surface area contributed by atoms with Gasteiger partial charge in [0.25, 0.3) is 0 Å². The van der Waals surface area contributed by atoms with Gasteiger partial charge in [0.15, 0.2) is 0 Å². The van der Waals surface area contributed by atoms with Gasteiger partial charge in [-0.3, -0.25) is 0 Å². The minimum atomic E-state index is -0.313. The molecule has 8 heteroatoms. The smallest absolute Gasteiger partial charge is 0.368 e. The number of hydrogen-bond acceptors (Lipinski definition) is 5. The molecule has 0 aliphatic heterocycles. The number of rotatable bonds is 5. The summed E-state index contributed by atoms with van der Waals surface area (Å²) in [6.07, 6.45) is 1.88. The first-order valence-electron chi connectivity index (χ1n) is 9.86. The second kappa shape index (κ2) is 7.56. The van der Waals surface area contributed by atoms with Crippen LogP contribution in [0.2, 0.25) is 0 Å². The molecule has 0 saturated heterocycles. The second-order valence-corrected chi connectivity index (χ2v) is 7.25. The monoisotopic (exact) mass is 412 g/mol. The van der Waals surface area contributed by atoms with Crippen LogP contribution in [0, 0.1) is 6.92 Å². The van der Waals surface area contributed by atoms with Crippen LogP contribution in [0.3, 0.4) is 0 Å². The number of benzene rings is 3. The van der Waals surface area contributed by atoms with E-state index < -0.39 is 0 Å². The lowest BCUT2D eigenvalue weighted by molar-refractivity contribution is 0.290. The maximum Gasteiger partial charge on any atom is 0.368 e. The summed E-state index contributed by atoms with van der Waals surface area (Å²) in [4.78, 5) is 12.3. The molecule has 3 aromatic carbocycles. The van der Waals surface area contributed by atoms with E-state index in [1.165, 1.54) is 9.36 Å². The fourth-order valence-corrected chi connectivity index (χ4v) is 3.61. The first kappa shape index (κ1) is 18.8. The molecule has 8 nitrogen and oxygen atoms in total. The van der Waals surface area contributed by atoms with Gasteiger partial charge in [-0.1, -0.05) is 48.5 Å². The fraction of sp³-hybridized carbons (Fsp3) is 0.130. The number of hydrogen-bond donors (Lipinski definition) is 0. The highest BCUT2D eigenvalue weighted by molar-refractivity contribution is 5.89. The highest BCUT2D eigenvalue weighted by Crippen LogP contribution is 2.24. The lowest BCUT2D eigenvalue weighted by atomic mass is 10.1. The maximum absolute atomic E-state index is 12.3. The number of aryl methyl sites for hydroxylation is 2. The highest BCUT2D eigenvalue weighted by Gasteiger charge is 2.14. The van der Waals surface area contributed by atoms with Gasteiger partial charge in [0.1, 0.15) is 6.61 Å². The fourth-order valence-electron chi connectivity index (χ4n) is 3.61. The molecule has 2 aromatic heterocycles. The quantitative estimate of drug-likeness (QED) is 0.443. The zero-order valence-corrected chi connectivity index (χ0v) is 17.1. The van der Waals surface area contributed by atoms with E-state index in [4.69, 9.17) is 4.74 Å². The third kappa shape index (κ3) is 3.38. The lowest BCUT2D eigenvalue weighted by Crippen LogP contribution is -2.23. The highest BCUT2D eigenvalue weighted by atomic mass is 16.5. The molecule has 0 aliphatic carbocycles. The molecule has 0 spiro atoms. The average molecular weight is 412 g/mol. The van der Waals surface area contributed by atoms with Crippen LogP contribution in [-0.4, -0.2) is 29.6 Å². The first-order valence-corrected chi connectivity index (χ1v) is 9.86. The van der Waals surface area contributed by atoms with E-state index in [9.17, 15) is 4.79 Å². The molecular weight excluding hydrogens is 392 g/mol. The Morgan fingerprint density at radius 1 is 0.903 bits per heavy atom. The Bertz CT molecular complexity index is 1440. The molecule has 5 rings (SSSR count). The van der Waals surface area contributed by atoms with Crippen LogP contribution < -0.4 is 10.4 Å². The zero-order valence-electron chi connectivity index (χ0n) is 17.1. The van der Waals surface area contributed by atoms with Crippen molar-refractivity contribution in [1.29, 1.82) is 0 Å². The molecule has 154 valence electrons. The van der Waals surface area contributed by atoms with Crippen molar-refractivity contribution in [3.05, 3.63) is 94.5 Å². The van der Waals surface area contributed by atoms with E-state index in [2.05, 4.69) is 33.7 Å². The number of tetrazole rings is 1. The van der Waals surface area contributed by atoms with E-state index in [0.717, 1.165) is 27.6 Å². The van der Waals surface area contributed by atoms with E-state index in [-0.39, 0.29) is 12.3 Å². The molecule has 0 fully saturated rings. The topological polar surface area (TPSA) is 79.8 Å². The van der Waals surface area contributed by atoms with Gasteiger partial charge >= 0.3 is 5.69 Å². The van der Waals surface area contributed by atoms with E-state index >= 15 is 0 Å². The second-order valence-electron chi connectivity index (χ2n) is 7.25. The Hall–Kier alpha value is -4.20. The van der Waals surface area contributed by atoms with Gasteiger partial charge in [0.05, 0.1) is 11.4 Å². The molecule has 0 atom stereocenters. The van der Waals surface area contributed by atoms with Crippen molar-refractivity contribution in [3.63, 3.8) is 0 Å². The largest absolute Gasteiger partial charge is 0.472 e. The lowest BCUT2D eigenvalue weighted by Gasteiger charge is -2.11. The Morgan fingerprint density at radius 3 is 2.52 bits per heavy atom. The number of nitrogens with zero attached hydrogens (tertiary/aromatic N) is 6. The molecular formula is C23H20N6O2. The van der Waals surface area contributed by atoms with Crippen LogP contribution in [0.1, 0.15) is 11.1 Å². The molecule has 5 aromatic rings. The summed E-state index contributed by atoms with van der Waals surface area (Å²) in [5, 5.41) is 14.6. The summed E-state index contributed by atoms with van der Waals surface area (Å²) in [5.41, 5.74) is 3.16. The molecule has 0 amide bonds. The van der Waals surface area contributed by atoms with Gasteiger partial charge in [-0.05, 0) is 40.4 Å². The first-order chi connectivity index (χ1) is 15.1. The SMILES string of the molecule is Cc1cccc(-n2nnn(C)c2=O)c1COc1ccn(-c2cccc3ccccc23)n1. The van der Waals surface area contributed by atoms with E-state index in [0.29, 0.717) is 11.6 Å². The van der Waals surface area contributed by atoms with Crippen molar-refractivity contribution >= 4 is 10.8 Å². The Morgan fingerprint density at radius 2 is 1.68 bits per heavy atom. The van der Waals surface area contributed by atoms with Gasteiger partial charge in [-0.15, -0.1) is 5.10 Å². The summed E-state index contributed by atoms with van der Waals surface area (Å²) in [6, 6.07) is 21.8. The molecule has 0 aliphatic rings. The third-order valence-corrected chi connectivity index (χ3v) is 5.28. The molecule has 0 saturated carbocycles. The van der Waals surface area contributed by atoms with Crippen molar-refractivity contribution in [2.75, 3.05) is 0 Å². The standard InChI is InChI=1S/C23H20N6O2/c1-16-7-5-12-21(29-23(30)27(2)25-26-29)19(16)15-31-22-13-14-28(24-22)20-11-6-9-17-8-3-4-10-18(17)20/h3-14H,15H2,1-2H3.